The van der Waals surface area contributed by atoms with Crippen molar-refractivity contribution in [3.8, 4) is 0 Å². The molecule has 4 nitrogen and oxygen atoms in total. The smallest absolute Gasteiger partial charge is 0.196 e. The normalized spacial score (nSPS) is 20.2. The third-order valence-electron chi connectivity index (χ3n) is 7.61. The van der Waals surface area contributed by atoms with E-state index in [0.717, 1.165) is 49.1 Å². The highest BCUT2D eigenvalue weighted by Gasteiger charge is 2.35. The molecule has 1 saturated carbocycles. The number of ketones is 2. The number of fused-ring (bicyclic) bond motifs is 2. The molecule has 2 aromatic carbocycles. The molecule has 0 heterocycles. The number of carbonyl (C=O) groups is 2. The summed E-state index contributed by atoms with van der Waals surface area (Å²) in [5.74, 6) is 0.834. The number of rotatable bonds is 7. The predicted octanol–water partition coefficient (Wildman–Crippen LogP) is 6.43. The zero-order chi connectivity index (χ0) is 22.8. The van der Waals surface area contributed by atoms with E-state index in [9.17, 15) is 9.59 Å². The van der Waals surface area contributed by atoms with E-state index in [1.165, 1.54) is 32.1 Å². The second-order valence-electron chi connectivity index (χ2n) is 9.67. The molecule has 2 aromatic rings. The summed E-state index contributed by atoms with van der Waals surface area (Å²) in [5.41, 5.74) is 17.4. The van der Waals surface area contributed by atoms with Crippen LogP contribution in [0, 0.1) is 5.92 Å². The lowest BCUT2D eigenvalue weighted by Crippen LogP contribution is -2.25. The fourth-order valence-corrected chi connectivity index (χ4v) is 5.63. The molecule has 0 spiro atoms. The number of nitrogens with two attached hydrogens (primary N) is 2. The van der Waals surface area contributed by atoms with Gasteiger partial charge in [0.25, 0.3) is 0 Å². The zero-order valence-electron chi connectivity index (χ0n) is 19.5. The van der Waals surface area contributed by atoms with E-state index in [0.29, 0.717) is 39.5 Å². The van der Waals surface area contributed by atoms with Crippen molar-refractivity contribution in [2.75, 3.05) is 11.5 Å². The monoisotopic (exact) mass is 432 g/mol. The van der Waals surface area contributed by atoms with Crippen molar-refractivity contribution in [3.63, 3.8) is 0 Å². The van der Waals surface area contributed by atoms with Crippen LogP contribution in [-0.4, -0.2) is 11.6 Å². The van der Waals surface area contributed by atoms with E-state index in [2.05, 4.69) is 13.8 Å². The molecular formula is C28H36N2O2. The Morgan fingerprint density at radius 2 is 1.38 bits per heavy atom. The van der Waals surface area contributed by atoms with Gasteiger partial charge < -0.3 is 11.5 Å². The van der Waals surface area contributed by atoms with Gasteiger partial charge in [-0.15, -0.1) is 0 Å². The van der Waals surface area contributed by atoms with Crippen molar-refractivity contribution in [1.82, 2.24) is 0 Å². The fourth-order valence-electron chi connectivity index (χ4n) is 5.63. The quantitative estimate of drug-likeness (QED) is 0.421. The summed E-state index contributed by atoms with van der Waals surface area (Å²) < 4.78 is 0. The third kappa shape index (κ3) is 3.96. The lowest BCUT2D eigenvalue weighted by atomic mass is 9.74. The second kappa shape index (κ2) is 9.48. The molecule has 0 aliphatic heterocycles. The summed E-state index contributed by atoms with van der Waals surface area (Å²) >= 11 is 0. The fraction of sp³-hybridized carbons (Fsp3) is 0.500. The number of benzene rings is 2. The van der Waals surface area contributed by atoms with Gasteiger partial charge in [0.1, 0.15) is 0 Å². The number of anilines is 2. The molecule has 4 rings (SSSR count). The van der Waals surface area contributed by atoms with E-state index in [1.54, 1.807) is 6.07 Å². The standard InChI is InChI=1S/C28H36N2O2/c1-3-5-7-17-9-11-18(12-10-17)20-15-16-22-24(26(20)30)28(32)21-14-13-19(8-6-4-2)25(29)23(21)27(22)31/h13-18H,3-12,29-30H2,1-2H3/t17-,18-. The largest absolute Gasteiger partial charge is 0.398 e. The Kier molecular flexibility index (Phi) is 6.68. The lowest BCUT2D eigenvalue weighted by molar-refractivity contribution is 0.0980. The molecule has 0 aromatic heterocycles. The molecule has 170 valence electrons. The average Bonchev–Trinajstić information content (AvgIpc) is 2.80. The maximum absolute atomic E-state index is 13.5. The summed E-state index contributed by atoms with van der Waals surface area (Å²) in [6, 6.07) is 7.46. The highest BCUT2D eigenvalue weighted by atomic mass is 16.1. The molecule has 4 heteroatoms. The highest BCUT2D eigenvalue weighted by Crippen LogP contribution is 2.43. The first-order valence-electron chi connectivity index (χ1n) is 12.4. The number of carbonyl (C=O) groups excluding carboxylic acids is 2. The van der Waals surface area contributed by atoms with Gasteiger partial charge in [-0.05, 0) is 73.6 Å². The molecule has 0 saturated heterocycles. The van der Waals surface area contributed by atoms with Crippen LogP contribution in [0.1, 0.15) is 121 Å². The van der Waals surface area contributed by atoms with E-state index in [4.69, 9.17) is 11.5 Å². The molecule has 1 fully saturated rings. The Morgan fingerprint density at radius 1 is 0.781 bits per heavy atom. The van der Waals surface area contributed by atoms with Crippen molar-refractivity contribution in [2.24, 2.45) is 5.92 Å². The predicted molar refractivity (Wildman–Crippen MR) is 131 cm³/mol. The lowest BCUT2D eigenvalue weighted by Gasteiger charge is -2.31. The number of unbranched alkanes of at least 4 members (excludes halogenated alkanes) is 2. The van der Waals surface area contributed by atoms with Gasteiger partial charge >= 0.3 is 0 Å². The van der Waals surface area contributed by atoms with Crippen LogP contribution < -0.4 is 11.5 Å². The van der Waals surface area contributed by atoms with Gasteiger partial charge in [-0.3, -0.25) is 9.59 Å². The first-order valence-corrected chi connectivity index (χ1v) is 12.4. The zero-order valence-corrected chi connectivity index (χ0v) is 19.5. The third-order valence-corrected chi connectivity index (χ3v) is 7.61. The van der Waals surface area contributed by atoms with Gasteiger partial charge in [0.2, 0.25) is 0 Å². The van der Waals surface area contributed by atoms with Gasteiger partial charge in [-0.2, -0.15) is 0 Å². The van der Waals surface area contributed by atoms with Gasteiger partial charge in [-0.1, -0.05) is 51.7 Å². The number of hydrogen-bond donors (Lipinski definition) is 2. The van der Waals surface area contributed by atoms with Crippen LogP contribution in [0.3, 0.4) is 0 Å². The summed E-state index contributed by atoms with van der Waals surface area (Å²) in [4.78, 5) is 26.9. The highest BCUT2D eigenvalue weighted by molar-refractivity contribution is 6.31. The molecule has 2 aliphatic carbocycles. The molecule has 0 radical (unpaired) electrons. The van der Waals surface area contributed by atoms with Gasteiger partial charge in [0.05, 0.1) is 11.1 Å². The minimum atomic E-state index is -0.174. The Hall–Kier alpha value is -2.62. The summed E-state index contributed by atoms with van der Waals surface area (Å²) in [7, 11) is 0. The molecule has 32 heavy (non-hydrogen) atoms. The first kappa shape index (κ1) is 22.6. The van der Waals surface area contributed by atoms with Crippen LogP contribution in [-0.2, 0) is 6.42 Å². The minimum Gasteiger partial charge on any atom is -0.398 e. The van der Waals surface area contributed by atoms with Gasteiger partial charge in [0, 0.05) is 22.5 Å². The second-order valence-corrected chi connectivity index (χ2v) is 9.67. The molecule has 0 amide bonds. The van der Waals surface area contributed by atoms with E-state index < -0.39 is 0 Å². The number of hydrogen-bond acceptors (Lipinski definition) is 4. The van der Waals surface area contributed by atoms with Gasteiger partial charge in [0.15, 0.2) is 11.6 Å². The molecular weight excluding hydrogens is 396 g/mol. The van der Waals surface area contributed by atoms with Crippen LogP contribution in [0.2, 0.25) is 0 Å². The SMILES string of the molecule is CCCCc1ccc2c(c1N)C(=O)c1ccc([C@H]3CC[C@H](CCCC)CC3)c(N)c1C2=O. The Labute approximate surface area is 191 Å². The Morgan fingerprint density at radius 3 is 2.00 bits per heavy atom. The summed E-state index contributed by atoms with van der Waals surface area (Å²) in [5, 5.41) is 0. The van der Waals surface area contributed by atoms with Crippen LogP contribution >= 0.6 is 0 Å². The minimum absolute atomic E-state index is 0.167. The topological polar surface area (TPSA) is 86.2 Å². The number of nitrogen functional groups attached to an aromatic ring is 2. The molecule has 0 bridgehead atoms. The van der Waals surface area contributed by atoms with E-state index >= 15 is 0 Å². The summed E-state index contributed by atoms with van der Waals surface area (Å²) in [6.45, 7) is 4.37. The van der Waals surface area contributed by atoms with Crippen LogP contribution in [0.5, 0.6) is 0 Å². The first-order chi connectivity index (χ1) is 15.5. The van der Waals surface area contributed by atoms with Crippen molar-refractivity contribution >= 4 is 22.9 Å². The van der Waals surface area contributed by atoms with Crippen LogP contribution in [0.4, 0.5) is 11.4 Å². The van der Waals surface area contributed by atoms with E-state index in [1.807, 2.05) is 18.2 Å². The van der Waals surface area contributed by atoms with Crippen molar-refractivity contribution in [2.45, 2.75) is 84.0 Å². The molecule has 0 unspecified atom stereocenters. The molecule has 0 atom stereocenters. The van der Waals surface area contributed by atoms with Crippen LogP contribution in [0.25, 0.3) is 0 Å². The number of aryl methyl sites for hydroxylation is 1. The van der Waals surface area contributed by atoms with Gasteiger partial charge in [-0.25, -0.2) is 0 Å². The maximum atomic E-state index is 13.5. The van der Waals surface area contributed by atoms with Crippen molar-refractivity contribution in [3.05, 3.63) is 57.6 Å². The van der Waals surface area contributed by atoms with Crippen molar-refractivity contribution in [1.29, 1.82) is 0 Å². The average molecular weight is 433 g/mol. The molecule has 4 N–H and O–H groups in total. The molecule has 2 aliphatic rings. The maximum Gasteiger partial charge on any atom is 0.196 e. The Bertz CT molecular complexity index is 1030. The van der Waals surface area contributed by atoms with E-state index in [-0.39, 0.29) is 11.6 Å². The van der Waals surface area contributed by atoms with Crippen molar-refractivity contribution < 1.29 is 9.59 Å². The van der Waals surface area contributed by atoms with Crippen LogP contribution in [0.15, 0.2) is 24.3 Å². The Balaban J connectivity index is 1.64. The summed E-state index contributed by atoms with van der Waals surface area (Å²) in [6.07, 6.45) is 11.4.